The molecule has 0 spiro atoms. The third-order valence-electron chi connectivity index (χ3n) is 3.65. The van der Waals surface area contributed by atoms with Gasteiger partial charge in [-0.15, -0.1) is 0 Å². The maximum absolute atomic E-state index is 13.1. The molecular formula is C18H12Cl2F3N3OS. The summed E-state index contributed by atoms with van der Waals surface area (Å²) in [5, 5.41) is 6.06. The Morgan fingerprint density at radius 3 is 2.36 bits per heavy atom. The van der Waals surface area contributed by atoms with E-state index < -0.39 is 28.5 Å². The predicted molar refractivity (Wildman–Crippen MR) is 103 cm³/mol. The fourth-order valence-corrected chi connectivity index (χ4v) is 3.80. The van der Waals surface area contributed by atoms with Gasteiger partial charge in [-0.3, -0.25) is 9.48 Å². The van der Waals surface area contributed by atoms with Crippen molar-refractivity contribution in [3.8, 4) is 0 Å². The summed E-state index contributed by atoms with van der Waals surface area (Å²) in [6.07, 6.45) is -4.72. The second-order valence-electron chi connectivity index (χ2n) is 5.64. The van der Waals surface area contributed by atoms with Gasteiger partial charge >= 0.3 is 6.18 Å². The highest BCUT2D eigenvalue weighted by Crippen LogP contribution is 2.37. The van der Waals surface area contributed by atoms with Crippen LogP contribution in [0.25, 0.3) is 0 Å². The van der Waals surface area contributed by atoms with Crippen LogP contribution in [0.3, 0.4) is 0 Å². The van der Waals surface area contributed by atoms with Crippen molar-refractivity contribution < 1.29 is 18.0 Å². The minimum absolute atomic E-state index is 0.419. The number of alkyl halides is 3. The van der Waals surface area contributed by atoms with Crippen molar-refractivity contribution in [2.24, 2.45) is 7.05 Å². The molecule has 1 heterocycles. The number of aryl methyl sites for hydroxylation is 1. The summed E-state index contributed by atoms with van der Waals surface area (Å²) in [4.78, 5) is 14.1. The van der Waals surface area contributed by atoms with Crippen LogP contribution in [-0.2, 0) is 13.2 Å². The summed E-state index contributed by atoms with van der Waals surface area (Å²) in [5.41, 5.74) is -1.26. The summed E-state index contributed by atoms with van der Waals surface area (Å²) in [6.45, 7) is 0. The van der Waals surface area contributed by atoms with E-state index in [9.17, 15) is 18.0 Å². The van der Waals surface area contributed by atoms with Crippen LogP contribution in [0.5, 0.6) is 0 Å². The van der Waals surface area contributed by atoms with Gasteiger partial charge in [0.25, 0.3) is 5.91 Å². The van der Waals surface area contributed by atoms with Gasteiger partial charge in [-0.05, 0) is 36.4 Å². The second kappa shape index (κ2) is 8.06. The van der Waals surface area contributed by atoms with Crippen molar-refractivity contribution in [1.82, 2.24) is 9.78 Å². The van der Waals surface area contributed by atoms with Crippen molar-refractivity contribution in [2.45, 2.75) is 16.0 Å². The first kappa shape index (κ1) is 20.6. The Morgan fingerprint density at radius 1 is 1.11 bits per heavy atom. The molecule has 1 amide bonds. The van der Waals surface area contributed by atoms with E-state index in [0.29, 0.717) is 20.3 Å². The van der Waals surface area contributed by atoms with E-state index in [1.165, 1.54) is 11.8 Å². The molecule has 0 bridgehead atoms. The van der Waals surface area contributed by atoms with E-state index in [-0.39, 0.29) is 0 Å². The summed E-state index contributed by atoms with van der Waals surface area (Å²) in [7, 11) is 1.08. The molecule has 0 aliphatic heterocycles. The molecule has 1 aromatic heterocycles. The number of benzene rings is 2. The fourth-order valence-electron chi connectivity index (χ4n) is 2.42. The first-order valence-corrected chi connectivity index (χ1v) is 9.37. The molecule has 0 aliphatic carbocycles. The van der Waals surface area contributed by atoms with Crippen molar-refractivity contribution in [3.05, 3.63) is 70.0 Å². The molecule has 4 nitrogen and oxygen atoms in total. The molecule has 0 radical (unpaired) electrons. The molecule has 0 unspecified atom stereocenters. The third-order valence-corrected chi connectivity index (χ3v) is 5.34. The zero-order chi connectivity index (χ0) is 20.5. The first-order chi connectivity index (χ1) is 13.2. The highest BCUT2D eigenvalue weighted by atomic mass is 35.5. The molecule has 0 fully saturated rings. The normalized spacial score (nSPS) is 11.5. The number of nitrogens with zero attached hydrogens (tertiary/aromatic N) is 2. The second-order valence-corrected chi connectivity index (χ2v) is 7.57. The largest absolute Gasteiger partial charge is 0.434 e. The number of rotatable bonds is 4. The van der Waals surface area contributed by atoms with Crippen molar-refractivity contribution >= 4 is 46.6 Å². The minimum Gasteiger partial charge on any atom is -0.319 e. The fraction of sp³-hybridized carbons (Fsp3) is 0.111. The van der Waals surface area contributed by atoms with Crippen molar-refractivity contribution in [3.63, 3.8) is 0 Å². The molecular weight excluding hydrogens is 434 g/mol. The molecule has 3 rings (SSSR count). The molecule has 146 valence electrons. The lowest BCUT2D eigenvalue weighted by atomic mass is 10.3. The number of hydrogen-bond donors (Lipinski definition) is 1. The predicted octanol–water partition coefficient (Wildman–Crippen LogP) is 6.15. The number of halogens is 5. The van der Waals surface area contributed by atoms with Crippen LogP contribution in [0.2, 0.25) is 10.0 Å². The highest BCUT2D eigenvalue weighted by molar-refractivity contribution is 7.99. The van der Waals surface area contributed by atoms with Gasteiger partial charge < -0.3 is 5.32 Å². The number of carbonyl (C=O) groups excluding carboxylic acids is 1. The molecule has 0 saturated heterocycles. The molecule has 0 saturated carbocycles. The Hall–Kier alpha value is -2.16. The van der Waals surface area contributed by atoms with Gasteiger partial charge in [0.15, 0.2) is 11.4 Å². The Morgan fingerprint density at radius 2 is 1.75 bits per heavy atom. The number of anilines is 1. The van der Waals surface area contributed by atoms with Gasteiger partial charge in [0.1, 0.15) is 5.02 Å². The number of hydrogen-bond acceptors (Lipinski definition) is 3. The van der Waals surface area contributed by atoms with Crippen molar-refractivity contribution in [2.75, 3.05) is 5.32 Å². The van der Waals surface area contributed by atoms with E-state index >= 15 is 0 Å². The van der Waals surface area contributed by atoms with E-state index in [2.05, 4.69) is 10.4 Å². The standard InChI is InChI=1S/C18H12Cl2F3N3OS/c1-26-16(18(21,22)23)14(20)15(25-26)17(27)24-12-4-2-3-5-13(12)28-11-8-6-10(19)7-9-11/h2-9H,1H3,(H,24,27). The lowest BCUT2D eigenvalue weighted by Crippen LogP contribution is -2.14. The number of para-hydroxylation sites is 1. The van der Waals surface area contributed by atoms with E-state index in [1.807, 2.05) is 12.1 Å². The Bertz CT molecular complexity index is 1020. The van der Waals surface area contributed by atoms with Crippen LogP contribution >= 0.6 is 35.0 Å². The van der Waals surface area contributed by atoms with Crippen LogP contribution in [0.4, 0.5) is 18.9 Å². The highest BCUT2D eigenvalue weighted by Gasteiger charge is 2.40. The van der Waals surface area contributed by atoms with Crippen molar-refractivity contribution in [1.29, 1.82) is 0 Å². The lowest BCUT2D eigenvalue weighted by Gasteiger charge is -2.10. The summed E-state index contributed by atoms with van der Waals surface area (Å²) in [6, 6.07) is 14.0. The van der Waals surface area contributed by atoms with Gasteiger partial charge in [0, 0.05) is 21.9 Å². The molecule has 10 heteroatoms. The van der Waals surface area contributed by atoms with Crippen LogP contribution < -0.4 is 5.32 Å². The minimum atomic E-state index is -4.72. The van der Waals surface area contributed by atoms with Crippen LogP contribution in [0, 0.1) is 0 Å². The number of amides is 1. The van der Waals surface area contributed by atoms with E-state index in [0.717, 1.165) is 11.9 Å². The number of carbonyl (C=O) groups is 1. The van der Waals surface area contributed by atoms with Crippen LogP contribution in [0.1, 0.15) is 16.2 Å². The van der Waals surface area contributed by atoms with Gasteiger partial charge in [-0.25, -0.2) is 0 Å². The van der Waals surface area contributed by atoms with Gasteiger partial charge in [-0.1, -0.05) is 47.1 Å². The van der Waals surface area contributed by atoms with E-state index in [1.54, 1.807) is 36.4 Å². The van der Waals surface area contributed by atoms with Gasteiger partial charge in [0.05, 0.1) is 5.69 Å². The zero-order valence-corrected chi connectivity index (χ0v) is 16.5. The SMILES string of the molecule is Cn1nc(C(=O)Nc2ccccc2Sc2ccc(Cl)cc2)c(Cl)c1C(F)(F)F. The van der Waals surface area contributed by atoms with E-state index in [4.69, 9.17) is 23.2 Å². The number of nitrogens with one attached hydrogen (secondary N) is 1. The van der Waals surface area contributed by atoms with Gasteiger partial charge in [0.2, 0.25) is 0 Å². The van der Waals surface area contributed by atoms with Crippen LogP contribution in [-0.4, -0.2) is 15.7 Å². The zero-order valence-electron chi connectivity index (χ0n) is 14.2. The quantitative estimate of drug-likeness (QED) is 0.523. The molecule has 28 heavy (non-hydrogen) atoms. The molecule has 3 aromatic rings. The molecule has 0 aliphatic rings. The summed E-state index contributed by atoms with van der Waals surface area (Å²) < 4.78 is 39.7. The maximum atomic E-state index is 13.1. The Kier molecular flexibility index (Phi) is 5.92. The lowest BCUT2D eigenvalue weighted by molar-refractivity contribution is -0.143. The summed E-state index contributed by atoms with van der Waals surface area (Å²) >= 11 is 13.0. The average Bonchev–Trinajstić information content (AvgIpc) is 2.93. The topological polar surface area (TPSA) is 46.9 Å². The average molecular weight is 446 g/mol. The van der Waals surface area contributed by atoms with Gasteiger partial charge in [-0.2, -0.15) is 18.3 Å². The monoisotopic (exact) mass is 445 g/mol. The maximum Gasteiger partial charge on any atom is 0.434 e. The first-order valence-electron chi connectivity index (χ1n) is 7.80. The Labute approximate surface area is 172 Å². The number of aromatic nitrogens is 2. The molecule has 0 atom stereocenters. The molecule has 2 aromatic carbocycles. The summed E-state index contributed by atoms with van der Waals surface area (Å²) in [5.74, 6) is -0.833. The van der Waals surface area contributed by atoms with Crippen LogP contribution in [0.15, 0.2) is 58.3 Å². The third kappa shape index (κ3) is 4.45. The molecule has 1 N–H and O–H groups in total. The Balaban J connectivity index is 1.87. The smallest absolute Gasteiger partial charge is 0.319 e.